The zero-order chi connectivity index (χ0) is 17.6. The SMILES string of the molecule is CCN1CCN(c2nncc(Nc3cccc(NC(C)=O)c3)n2)CC1. The van der Waals surface area contributed by atoms with Gasteiger partial charge in [0.1, 0.15) is 0 Å². The molecule has 8 heteroatoms. The molecule has 2 aromatic rings. The number of aromatic nitrogens is 3. The molecule has 1 fully saturated rings. The minimum Gasteiger partial charge on any atom is -0.339 e. The first-order chi connectivity index (χ1) is 12.1. The number of likely N-dealkylation sites (N-methyl/N-ethyl adjacent to an activating group) is 1. The highest BCUT2D eigenvalue weighted by atomic mass is 16.1. The molecule has 0 spiro atoms. The molecule has 2 N–H and O–H groups in total. The van der Waals surface area contributed by atoms with Gasteiger partial charge in [-0.25, -0.2) is 0 Å². The Morgan fingerprint density at radius 1 is 1.20 bits per heavy atom. The third kappa shape index (κ3) is 4.63. The van der Waals surface area contributed by atoms with Gasteiger partial charge in [-0.15, -0.1) is 5.10 Å². The van der Waals surface area contributed by atoms with E-state index in [0.717, 1.165) is 44.1 Å². The van der Waals surface area contributed by atoms with Gasteiger partial charge >= 0.3 is 0 Å². The predicted molar refractivity (Wildman–Crippen MR) is 98.2 cm³/mol. The highest BCUT2D eigenvalue weighted by molar-refractivity contribution is 5.89. The van der Waals surface area contributed by atoms with E-state index in [0.29, 0.717) is 11.8 Å². The van der Waals surface area contributed by atoms with Crippen LogP contribution in [0.2, 0.25) is 0 Å². The third-order valence-corrected chi connectivity index (χ3v) is 4.11. The molecule has 0 bridgehead atoms. The van der Waals surface area contributed by atoms with Crippen molar-refractivity contribution < 1.29 is 4.79 Å². The molecule has 1 amide bonds. The van der Waals surface area contributed by atoms with Gasteiger partial charge in [0, 0.05) is 44.5 Å². The molecule has 1 aliphatic heterocycles. The van der Waals surface area contributed by atoms with Crippen LogP contribution >= 0.6 is 0 Å². The van der Waals surface area contributed by atoms with Gasteiger partial charge in [-0.3, -0.25) is 4.79 Å². The second-order valence-electron chi connectivity index (χ2n) is 5.95. The average molecular weight is 341 g/mol. The number of hydrogen-bond acceptors (Lipinski definition) is 7. The lowest BCUT2D eigenvalue weighted by molar-refractivity contribution is -0.114. The van der Waals surface area contributed by atoms with E-state index < -0.39 is 0 Å². The van der Waals surface area contributed by atoms with Crippen LogP contribution in [-0.4, -0.2) is 58.7 Å². The first-order valence-electron chi connectivity index (χ1n) is 8.46. The number of hydrogen-bond donors (Lipinski definition) is 2. The van der Waals surface area contributed by atoms with Crippen LogP contribution in [0.4, 0.5) is 23.1 Å². The normalized spacial score (nSPS) is 15.0. The summed E-state index contributed by atoms with van der Waals surface area (Å²) in [4.78, 5) is 20.3. The fourth-order valence-corrected chi connectivity index (χ4v) is 2.78. The number of nitrogens with one attached hydrogen (secondary N) is 2. The van der Waals surface area contributed by atoms with Gasteiger partial charge in [-0.05, 0) is 24.7 Å². The lowest BCUT2D eigenvalue weighted by Gasteiger charge is -2.33. The molecular weight excluding hydrogens is 318 g/mol. The van der Waals surface area contributed by atoms with Crippen molar-refractivity contribution in [1.29, 1.82) is 0 Å². The molecule has 1 saturated heterocycles. The van der Waals surface area contributed by atoms with E-state index in [-0.39, 0.29) is 5.91 Å². The summed E-state index contributed by atoms with van der Waals surface area (Å²) in [5.41, 5.74) is 1.56. The van der Waals surface area contributed by atoms with E-state index in [4.69, 9.17) is 0 Å². The molecule has 0 saturated carbocycles. The Bertz CT molecular complexity index is 728. The van der Waals surface area contributed by atoms with Crippen LogP contribution in [0, 0.1) is 0 Å². The lowest BCUT2D eigenvalue weighted by Crippen LogP contribution is -2.46. The van der Waals surface area contributed by atoms with E-state index >= 15 is 0 Å². The van der Waals surface area contributed by atoms with Gasteiger partial charge in [-0.1, -0.05) is 13.0 Å². The van der Waals surface area contributed by atoms with E-state index in [2.05, 4.69) is 42.5 Å². The Hall–Kier alpha value is -2.74. The van der Waals surface area contributed by atoms with Crippen LogP contribution in [0.15, 0.2) is 30.5 Å². The van der Waals surface area contributed by atoms with Gasteiger partial charge in [0.25, 0.3) is 0 Å². The maximum atomic E-state index is 11.2. The first kappa shape index (κ1) is 17.1. The molecule has 0 radical (unpaired) electrons. The minimum atomic E-state index is -0.102. The molecule has 8 nitrogen and oxygen atoms in total. The smallest absolute Gasteiger partial charge is 0.247 e. The number of rotatable bonds is 5. The fraction of sp³-hybridized carbons (Fsp3) is 0.412. The van der Waals surface area contributed by atoms with E-state index in [9.17, 15) is 4.79 Å². The Morgan fingerprint density at radius 2 is 1.96 bits per heavy atom. The van der Waals surface area contributed by atoms with Crippen molar-refractivity contribution in [2.24, 2.45) is 0 Å². The Morgan fingerprint density at radius 3 is 2.68 bits per heavy atom. The van der Waals surface area contributed by atoms with Crippen molar-refractivity contribution in [2.75, 3.05) is 48.3 Å². The molecule has 1 aromatic heterocycles. The molecule has 0 unspecified atom stereocenters. The summed E-state index contributed by atoms with van der Waals surface area (Å²) in [6.45, 7) is 8.55. The van der Waals surface area contributed by atoms with Gasteiger partial charge < -0.3 is 20.4 Å². The number of nitrogens with zero attached hydrogens (tertiary/aromatic N) is 5. The maximum absolute atomic E-state index is 11.2. The summed E-state index contributed by atoms with van der Waals surface area (Å²) in [7, 11) is 0. The van der Waals surface area contributed by atoms with Gasteiger partial charge in [0.2, 0.25) is 11.9 Å². The summed E-state index contributed by atoms with van der Waals surface area (Å²) in [6, 6.07) is 7.47. The van der Waals surface area contributed by atoms with Crippen molar-refractivity contribution in [3.63, 3.8) is 0 Å². The van der Waals surface area contributed by atoms with Gasteiger partial charge in [-0.2, -0.15) is 10.1 Å². The fourth-order valence-electron chi connectivity index (χ4n) is 2.78. The number of carbonyl (C=O) groups excluding carboxylic acids is 1. The first-order valence-corrected chi connectivity index (χ1v) is 8.46. The van der Waals surface area contributed by atoms with Crippen molar-refractivity contribution in [3.05, 3.63) is 30.5 Å². The van der Waals surface area contributed by atoms with Crippen LogP contribution in [0.5, 0.6) is 0 Å². The Kier molecular flexibility index (Phi) is 5.39. The number of benzene rings is 1. The van der Waals surface area contributed by atoms with Crippen LogP contribution in [-0.2, 0) is 4.79 Å². The molecule has 132 valence electrons. The maximum Gasteiger partial charge on any atom is 0.247 e. The monoisotopic (exact) mass is 341 g/mol. The summed E-state index contributed by atoms with van der Waals surface area (Å²) in [6.07, 6.45) is 1.59. The van der Waals surface area contributed by atoms with Crippen molar-refractivity contribution in [3.8, 4) is 0 Å². The summed E-state index contributed by atoms with van der Waals surface area (Å²) in [5.74, 6) is 1.16. The molecule has 1 aliphatic rings. The van der Waals surface area contributed by atoms with Gasteiger partial charge in [0.05, 0.1) is 6.20 Å². The number of amides is 1. The number of anilines is 4. The zero-order valence-corrected chi connectivity index (χ0v) is 14.6. The van der Waals surface area contributed by atoms with Crippen molar-refractivity contribution >= 4 is 29.0 Å². The van der Waals surface area contributed by atoms with Crippen LogP contribution < -0.4 is 15.5 Å². The molecule has 1 aromatic carbocycles. The standard InChI is InChI=1S/C17H23N7O/c1-3-23-7-9-24(10-8-23)17-21-16(12-18-22-17)20-15-6-4-5-14(11-15)19-13(2)25/h4-6,11-12H,3,7-10H2,1-2H3,(H,19,25)(H,20,21,22). The van der Waals surface area contributed by atoms with E-state index in [1.165, 1.54) is 6.92 Å². The lowest BCUT2D eigenvalue weighted by atomic mass is 10.2. The molecular formula is C17H23N7O. The Balaban J connectivity index is 1.69. The third-order valence-electron chi connectivity index (χ3n) is 4.11. The molecule has 0 aliphatic carbocycles. The quantitative estimate of drug-likeness (QED) is 0.856. The highest BCUT2D eigenvalue weighted by Gasteiger charge is 2.18. The van der Waals surface area contributed by atoms with Crippen LogP contribution in [0.1, 0.15) is 13.8 Å². The largest absolute Gasteiger partial charge is 0.339 e. The zero-order valence-electron chi connectivity index (χ0n) is 14.6. The summed E-state index contributed by atoms with van der Waals surface area (Å²) < 4.78 is 0. The summed E-state index contributed by atoms with van der Waals surface area (Å²) >= 11 is 0. The molecule has 25 heavy (non-hydrogen) atoms. The summed E-state index contributed by atoms with van der Waals surface area (Å²) in [5, 5.41) is 14.2. The van der Waals surface area contributed by atoms with Crippen LogP contribution in [0.25, 0.3) is 0 Å². The second-order valence-corrected chi connectivity index (χ2v) is 5.95. The number of carbonyl (C=O) groups is 1. The van der Waals surface area contributed by atoms with E-state index in [1.807, 2.05) is 24.3 Å². The van der Waals surface area contributed by atoms with Crippen molar-refractivity contribution in [1.82, 2.24) is 20.1 Å². The molecule has 3 rings (SSSR count). The molecule has 0 atom stereocenters. The minimum absolute atomic E-state index is 0.102. The van der Waals surface area contributed by atoms with Gasteiger partial charge in [0.15, 0.2) is 5.82 Å². The van der Waals surface area contributed by atoms with Crippen LogP contribution in [0.3, 0.4) is 0 Å². The Labute approximate surface area is 147 Å². The van der Waals surface area contributed by atoms with Crippen molar-refractivity contribution in [2.45, 2.75) is 13.8 Å². The average Bonchev–Trinajstić information content (AvgIpc) is 2.62. The molecule has 2 heterocycles. The topological polar surface area (TPSA) is 86.3 Å². The number of piperazine rings is 1. The highest BCUT2D eigenvalue weighted by Crippen LogP contribution is 2.20. The van der Waals surface area contributed by atoms with E-state index in [1.54, 1.807) is 6.20 Å². The second kappa shape index (κ2) is 7.89. The predicted octanol–water partition coefficient (Wildman–Crippen LogP) is 1.72.